The van der Waals surface area contributed by atoms with Gasteiger partial charge in [-0.15, -0.1) is 0 Å². The average Bonchev–Trinajstić information content (AvgIpc) is 2.38. The number of benzene rings is 1. The molecule has 1 fully saturated rings. The van der Waals surface area contributed by atoms with Gasteiger partial charge in [0, 0.05) is 31.4 Å². The molecule has 0 spiro atoms. The molecule has 1 aliphatic heterocycles. The number of halogens is 4. The first-order valence-corrected chi connectivity index (χ1v) is 6.65. The third kappa shape index (κ3) is 3.15. The summed E-state index contributed by atoms with van der Waals surface area (Å²) in [6.07, 6.45) is -3.53. The maximum atomic E-state index is 12.9. The lowest BCUT2D eigenvalue weighted by molar-refractivity contribution is -0.137. The van der Waals surface area contributed by atoms with E-state index >= 15 is 0 Å². The summed E-state index contributed by atoms with van der Waals surface area (Å²) in [5, 5.41) is 3.00. The minimum atomic E-state index is -4.41. The van der Waals surface area contributed by atoms with Gasteiger partial charge in [-0.2, -0.15) is 13.2 Å². The van der Waals surface area contributed by atoms with Gasteiger partial charge in [0.2, 0.25) is 0 Å². The summed E-state index contributed by atoms with van der Waals surface area (Å²) in [4.78, 5) is 2.02. The molecule has 1 unspecified atom stereocenters. The normalized spacial score (nSPS) is 20.7. The first kappa shape index (κ1) is 14.5. The van der Waals surface area contributed by atoms with Crippen molar-refractivity contribution in [2.24, 2.45) is 0 Å². The Kier molecular flexibility index (Phi) is 4.26. The zero-order valence-corrected chi connectivity index (χ0v) is 11.4. The number of nitrogens with zero attached hydrogens (tertiary/aromatic N) is 1. The lowest BCUT2D eigenvalue weighted by atomic mass is 10.1. The molecule has 1 aromatic carbocycles. The van der Waals surface area contributed by atoms with Crippen LogP contribution in [0, 0.1) is 0 Å². The van der Waals surface area contributed by atoms with Crippen molar-refractivity contribution in [2.75, 3.05) is 24.5 Å². The van der Waals surface area contributed by atoms with E-state index in [1.54, 1.807) is 6.07 Å². The van der Waals surface area contributed by atoms with Gasteiger partial charge in [0.05, 0.1) is 10.6 Å². The van der Waals surface area contributed by atoms with E-state index in [4.69, 9.17) is 11.6 Å². The van der Waals surface area contributed by atoms with Crippen LogP contribution in [0.5, 0.6) is 0 Å². The Hall–Kier alpha value is -0.940. The maximum absolute atomic E-state index is 12.9. The summed E-state index contributed by atoms with van der Waals surface area (Å²) in [7, 11) is 0. The van der Waals surface area contributed by atoms with Crippen molar-refractivity contribution in [3.8, 4) is 0 Å². The van der Waals surface area contributed by atoms with Crippen LogP contribution in [-0.4, -0.2) is 25.7 Å². The van der Waals surface area contributed by atoms with Gasteiger partial charge >= 0.3 is 6.18 Å². The largest absolute Gasteiger partial charge is 0.417 e. The topological polar surface area (TPSA) is 15.3 Å². The zero-order valence-electron chi connectivity index (χ0n) is 10.6. The second kappa shape index (κ2) is 5.59. The highest BCUT2D eigenvalue weighted by atomic mass is 35.5. The van der Waals surface area contributed by atoms with Crippen molar-refractivity contribution in [1.29, 1.82) is 0 Å². The molecule has 2 nitrogen and oxygen atoms in total. The lowest BCUT2D eigenvalue weighted by Gasteiger charge is -2.38. The molecule has 106 valence electrons. The second-order valence-corrected chi connectivity index (χ2v) is 5.03. The van der Waals surface area contributed by atoms with Crippen molar-refractivity contribution in [2.45, 2.75) is 25.6 Å². The third-order valence-electron chi connectivity index (χ3n) is 3.41. The van der Waals surface area contributed by atoms with Gasteiger partial charge in [-0.25, -0.2) is 0 Å². The zero-order chi connectivity index (χ0) is 14.0. The maximum Gasteiger partial charge on any atom is 0.417 e. The van der Waals surface area contributed by atoms with Crippen LogP contribution in [0.2, 0.25) is 5.02 Å². The van der Waals surface area contributed by atoms with Gasteiger partial charge in [-0.3, -0.25) is 0 Å². The van der Waals surface area contributed by atoms with Crippen molar-refractivity contribution in [3.63, 3.8) is 0 Å². The molecular weight excluding hydrogens is 277 g/mol. The molecule has 19 heavy (non-hydrogen) atoms. The Morgan fingerprint density at radius 2 is 2.16 bits per heavy atom. The van der Waals surface area contributed by atoms with E-state index in [0.29, 0.717) is 12.2 Å². The monoisotopic (exact) mass is 292 g/mol. The van der Waals surface area contributed by atoms with E-state index < -0.39 is 11.7 Å². The molecule has 0 saturated carbocycles. The fraction of sp³-hybridized carbons (Fsp3) is 0.538. The van der Waals surface area contributed by atoms with Crippen LogP contribution in [0.3, 0.4) is 0 Å². The summed E-state index contributed by atoms with van der Waals surface area (Å²) in [5.74, 6) is 0. The predicted molar refractivity (Wildman–Crippen MR) is 70.7 cm³/mol. The standard InChI is InChI=1S/C13H16ClF3N2/c1-2-9-8-18-5-6-19(9)10-3-4-12(14)11(7-10)13(15,16)17/h3-4,7,9,18H,2,5-6,8H2,1H3. The number of piperazine rings is 1. The van der Waals surface area contributed by atoms with E-state index in [0.717, 1.165) is 25.6 Å². The average molecular weight is 293 g/mol. The Morgan fingerprint density at radius 1 is 1.42 bits per heavy atom. The minimum Gasteiger partial charge on any atom is -0.366 e. The van der Waals surface area contributed by atoms with Gasteiger partial charge in [0.15, 0.2) is 0 Å². The van der Waals surface area contributed by atoms with Crippen LogP contribution in [0.4, 0.5) is 18.9 Å². The van der Waals surface area contributed by atoms with E-state index in [2.05, 4.69) is 5.32 Å². The molecule has 6 heteroatoms. The lowest BCUT2D eigenvalue weighted by Crippen LogP contribution is -2.51. The first-order valence-electron chi connectivity index (χ1n) is 6.27. The number of hydrogen-bond donors (Lipinski definition) is 1. The van der Waals surface area contributed by atoms with Crippen LogP contribution in [0.25, 0.3) is 0 Å². The minimum absolute atomic E-state index is 0.219. The SMILES string of the molecule is CCC1CNCCN1c1ccc(Cl)c(C(F)(F)F)c1. The molecule has 1 aromatic rings. The quantitative estimate of drug-likeness (QED) is 0.897. The molecular formula is C13H16ClF3N2. The molecule has 1 N–H and O–H groups in total. The molecule has 1 atom stereocenters. The third-order valence-corrected chi connectivity index (χ3v) is 3.74. The van der Waals surface area contributed by atoms with Gasteiger partial charge in [0.1, 0.15) is 0 Å². The van der Waals surface area contributed by atoms with Gasteiger partial charge in [0.25, 0.3) is 0 Å². The smallest absolute Gasteiger partial charge is 0.366 e. The number of rotatable bonds is 2. The molecule has 0 bridgehead atoms. The molecule has 1 heterocycles. The molecule has 0 aliphatic carbocycles. The number of anilines is 1. The molecule has 2 rings (SSSR count). The summed E-state index contributed by atoms with van der Waals surface area (Å²) in [6.45, 7) is 4.31. The fourth-order valence-corrected chi connectivity index (χ4v) is 2.60. The number of hydrogen-bond acceptors (Lipinski definition) is 2. The number of nitrogens with one attached hydrogen (secondary N) is 1. The summed E-state index contributed by atoms with van der Waals surface area (Å²) in [6, 6.07) is 4.35. The van der Waals surface area contributed by atoms with Crippen molar-refractivity contribution >= 4 is 17.3 Å². The number of alkyl halides is 3. The van der Waals surface area contributed by atoms with Crippen LogP contribution in [0.15, 0.2) is 18.2 Å². The molecule has 1 saturated heterocycles. The van der Waals surface area contributed by atoms with Crippen LogP contribution < -0.4 is 10.2 Å². The van der Waals surface area contributed by atoms with Gasteiger partial charge in [-0.05, 0) is 24.6 Å². The molecule has 0 amide bonds. The Morgan fingerprint density at radius 3 is 2.79 bits per heavy atom. The van der Waals surface area contributed by atoms with Crippen LogP contribution in [0.1, 0.15) is 18.9 Å². The van der Waals surface area contributed by atoms with Crippen molar-refractivity contribution in [1.82, 2.24) is 5.32 Å². The Labute approximate surface area is 115 Å². The Balaban J connectivity index is 2.34. The van der Waals surface area contributed by atoms with Gasteiger partial charge in [-0.1, -0.05) is 18.5 Å². The highest BCUT2D eigenvalue weighted by molar-refractivity contribution is 6.31. The van der Waals surface area contributed by atoms with E-state index in [9.17, 15) is 13.2 Å². The second-order valence-electron chi connectivity index (χ2n) is 4.62. The Bertz CT molecular complexity index is 448. The van der Waals surface area contributed by atoms with E-state index in [1.165, 1.54) is 6.07 Å². The van der Waals surface area contributed by atoms with Crippen LogP contribution >= 0.6 is 11.6 Å². The van der Waals surface area contributed by atoms with Crippen LogP contribution in [-0.2, 0) is 6.18 Å². The van der Waals surface area contributed by atoms with Crippen molar-refractivity contribution < 1.29 is 13.2 Å². The highest BCUT2D eigenvalue weighted by Gasteiger charge is 2.34. The fourth-order valence-electron chi connectivity index (χ4n) is 2.37. The predicted octanol–water partition coefficient (Wildman–Crippen LogP) is 3.55. The summed E-state index contributed by atoms with van der Waals surface area (Å²) < 4.78 is 38.6. The molecule has 0 radical (unpaired) electrons. The summed E-state index contributed by atoms with van der Waals surface area (Å²) in [5.41, 5.74) is -0.176. The summed E-state index contributed by atoms with van der Waals surface area (Å²) >= 11 is 5.64. The van der Waals surface area contributed by atoms with E-state index in [1.807, 2.05) is 11.8 Å². The van der Waals surface area contributed by atoms with Gasteiger partial charge < -0.3 is 10.2 Å². The molecule has 0 aromatic heterocycles. The first-order chi connectivity index (χ1) is 8.93. The molecule has 1 aliphatic rings. The van der Waals surface area contributed by atoms with E-state index in [-0.39, 0.29) is 11.1 Å². The highest BCUT2D eigenvalue weighted by Crippen LogP contribution is 2.37. The van der Waals surface area contributed by atoms with Crippen molar-refractivity contribution in [3.05, 3.63) is 28.8 Å².